The van der Waals surface area contributed by atoms with E-state index in [4.69, 9.17) is 16.3 Å². The maximum absolute atomic E-state index is 10.4. The van der Waals surface area contributed by atoms with Crippen molar-refractivity contribution >= 4 is 51.1 Å². The van der Waals surface area contributed by atoms with Gasteiger partial charge in [0.2, 0.25) is 0 Å². The van der Waals surface area contributed by atoms with Gasteiger partial charge in [0.25, 0.3) is 0 Å². The molecule has 0 saturated carbocycles. The number of nitriles is 1. The van der Waals surface area contributed by atoms with Crippen molar-refractivity contribution in [3.63, 3.8) is 0 Å². The van der Waals surface area contributed by atoms with E-state index in [9.17, 15) is 25.7 Å². The summed E-state index contributed by atoms with van der Waals surface area (Å²) < 4.78 is 6.21. The summed E-state index contributed by atoms with van der Waals surface area (Å²) in [4.78, 5) is 4.52. The molecule has 5 atom stereocenters. The van der Waals surface area contributed by atoms with Gasteiger partial charge < -0.3 is 25.2 Å². The number of benzene rings is 1. The van der Waals surface area contributed by atoms with Gasteiger partial charge in [0.1, 0.15) is 46.0 Å². The van der Waals surface area contributed by atoms with Gasteiger partial charge in [0.15, 0.2) is 0 Å². The Kier molecular flexibility index (Phi) is 8.06. The molecule has 1 saturated heterocycles. The van der Waals surface area contributed by atoms with Gasteiger partial charge in [-0.05, 0) is 39.9 Å². The molecule has 11 heteroatoms. The fraction of sp³-hybridized carbons (Fsp3) is 0.368. The molecule has 0 radical (unpaired) electrons. The first-order chi connectivity index (χ1) is 14.3. The van der Waals surface area contributed by atoms with E-state index in [1.165, 1.54) is 11.8 Å². The molecule has 0 bridgehead atoms. The molecule has 2 aromatic rings. The Balaban J connectivity index is 2.08. The van der Waals surface area contributed by atoms with Gasteiger partial charge in [0.05, 0.1) is 16.6 Å². The second-order valence-electron chi connectivity index (χ2n) is 6.42. The number of aliphatic hydroxyl groups is 4. The summed E-state index contributed by atoms with van der Waals surface area (Å²) in [7, 11) is 0. The van der Waals surface area contributed by atoms with E-state index in [0.717, 1.165) is 17.3 Å². The number of thioether (sulfide) groups is 2. The number of aromatic nitrogens is 1. The molecule has 7 nitrogen and oxygen atoms in total. The Hall–Kier alpha value is -0.870. The van der Waals surface area contributed by atoms with Crippen molar-refractivity contribution in [1.29, 1.82) is 5.26 Å². The summed E-state index contributed by atoms with van der Waals surface area (Å²) in [6.07, 6.45) is -3.61. The highest BCUT2D eigenvalue weighted by atomic mass is 79.9. The Bertz CT molecular complexity index is 957. The smallest absolute Gasteiger partial charge is 0.138 e. The van der Waals surface area contributed by atoms with Crippen LogP contribution in [0.4, 0.5) is 0 Å². The minimum Gasteiger partial charge on any atom is -0.394 e. The van der Waals surface area contributed by atoms with Crippen LogP contribution in [0, 0.1) is 11.3 Å². The fourth-order valence-electron chi connectivity index (χ4n) is 3.01. The van der Waals surface area contributed by atoms with E-state index in [1.807, 2.05) is 6.26 Å². The minimum atomic E-state index is -1.51. The topological polar surface area (TPSA) is 127 Å². The van der Waals surface area contributed by atoms with Crippen LogP contribution < -0.4 is 0 Å². The number of aliphatic hydroxyl groups excluding tert-OH is 4. The zero-order valence-corrected chi connectivity index (χ0v) is 19.5. The molecule has 0 amide bonds. The molecule has 0 aliphatic carbocycles. The lowest BCUT2D eigenvalue weighted by Crippen LogP contribution is -2.57. The van der Waals surface area contributed by atoms with Gasteiger partial charge in [0, 0.05) is 10.6 Å². The lowest BCUT2D eigenvalue weighted by molar-refractivity contribution is -0.205. The van der Waals surface area contributed by atoms with Crippen LogP contribution >= 0.6 is 51.1 Å². The highest BCUT2D eigenvalue weighted by molar-refractivity contribution is 9.10. The van der Waals surface area contributed by atoms with Crippen molar-refractivity contribution in [2.24, 2.45) is 0 Å². The number of rotatable bonds is 5. The first kappa shape index (κ1) is 23.8. The SMILES string of the molecule is CSc1nc(SC2OC(CO)C(O)C(O)C2O)c(C#N)c(-c2ccc(Cl)cc2)c1Br. The quantitative estimate of drug-likeness (QED) is 0.429. The summed E-state index contributed by atoms with van der Waals surface area (Å²) in [5, 5.41) is 51.2. The Labute approximate surface area is 195 Å². The van der Waals surface area contributed by atoms with Crippen LogP contribution in [0.3, 0.4) is 0 Å². The highest BCUT2D eigenvalue weighted by Gasteiger charge is 2.44. The van der Waals surface area contributed by atoms with Gasteiger partial charge in [-0.2, -0.15) is 5.26 Å². The van der Waals surface area contributed by atoms with Gasteiger partial charge in [-0.3, -0.25) is 0 Å². The van der Waals surface area contributed by atoms with E-state index in [0.29, 0.717) is 25.1 Å². The average molecular weight is 534 g/mol. The van der Waals surface area contributed by atoms with E-state index < -0.39 is 36.5 Å². The van der Waals surface area contributed by atoms with E-state index in [-0.39, 0.29) is 5.56 Å². The maximum Gasteiger partial charge on any atom is 0.138 e. The largest absolute Gasteiger partial charge is 0.394 e. The van der Waals surface area contributed by atoms with Gasteiger partial charge in [-0.25, -0.2) is 4.98 Å². The van der Waals surface area contributed by atoms with Crippen LogP contribution in [0.15, 0.2) is 38.8 Å². The van der Waals surface area contributed by atoms with Gasteiger partial charge in [-0.1, -0.05) is 35.5 Å². The third kappa shape index (κ3) is 4.65. The van der Waals surface area contributed by atoms with Crippen LogP contribution in [0.1, 0.15) is 5.56 Å². The zero-order valence-electron chi connectivity index (χ0n) is 15.6. The standard InChI is InChI=1S/C19H18BrClN2O5S2/c1-29-18-13(20)12(8-2-4-9(21)5-3-8)10(6-22)17(23-18)30-19-16(27)15(26)14(25)11(7-24)28-19/h2-5,11,14-16,19,24-27H,7H2,1H3. The molecule has 5 unspecified atom stereocenters. The fourth-order valence-corrected chi connectivity index (χ4v) is 5.78. The lowest BCUT2D eigenvalue weighted by Gasteiger charge is -2.39. The molecule has 2 heterocycles. The molecule has 0 spiro atoms. The number of halogens is 2. The van der Waals surface area contributed by atoms with Crippen LogP contribution in [0.25, 0.3) is 11.1 Å². The normalized spacial score (nSPS) is 26.4. The summed E-state index contributed by atoms with van der Waals surface area (Å²) >= 11 is 11.8. The van der Waals surface area contributed by atoms with Crippen molar-refractivity contribution in [2.45, 2.75) is 39.9 Å². The summed E-state index contributed by atoms with van der Waals surface area (Å²) in [6.45, 7) is -0.535. The minimum absolute atomic E-state index is 0.254. The number of hydrogen-bond donors (Lipinski definition) is 4. The van der Waals surface area contributed by atoms with Crippen molar-refractivity contribution in [3.8, 4) is 17.2 Å². The Morgan fingerprint density at radius 1 is 1.17 bits per heavy atom. The first-order valence-corrected chi connectivity index (χ1v) is 12.0. The van der Waals surface area contributed by atoms with Crippen molar-refractivity contribution < 1.29 is 25.2 Å². The van der Waals surface area contributed by atoms with Gasteiger partial charge in [-0.15, -0.1) is 11.8 Å². The number of pyridine rings is 1. The summed E-state index contributed by atoms with van der Waals surface area (Å²) in [5.41, 5.74) is 0.565. The molecule has 1 fully saturated rings. The maximum atomic E-state index is 10.4. The second kappa shape index (κ2) is 10.2. The number of ether oxygens (including phenoxy) is 1. The van der Waals surface area contributed by atoms with Crippen LogP contribution in [-0.4, -0.2) is 68.1 Å². The van der Waals surface area contributed by atoms with E-state index in [1.54, 1.807) is 24.3 Å². The summed E-state index contributed by atoms with van der Waals surface area (Å²) in [5.74, 6) is 0. The van der Waals surface area contributed by atoms with Crippen LogP contribution in [0.5, 0.6) is 0 Å². The van der Waals surface area contributed by atoms with Crippen molar-refractivity contribution in [2.75, 3.05) is 12.9 Å². The first-order valence-electron chi connectivity index (χ1n) is 8.73. The van der Waals surface area contributed by atoms with Crippen LogP contribution in [-0.2, 0) is 4.74 Å². The molecule has 1 aromatic carbocycles. The monoisotopic (exact) mass is 532 g/mol. The van der Waals surface area contributed by atoms with Gasteiger partial charge >= 0.3 is 0 Å². The Morgan fingerprint density at radius 3 is 2.40 bits per heavy atom. The molecule has 1 aliphatic rings. The molecular weight excluding hydrogens is 516 g/mol. The molecule has 4 N–H and O–H groups in total. The highest BCUT2D eigenvalue weighted by Crippen LogP contribution is 2.43. The molecule has 160 valence electrons. The van der Waals surface area contributed by atoms with E-state index >= 15 is 0 Å². The molecule has 1 aliphatic heterocycles. The average Bonchev–Trinajstić information content (AvgIpc) is 2.75. The zero-order chi connectivity index (χ0) is 22.0. The molecule has 30 heavy (non-hydrogen) atoms. The third-order valence-corrected chi connectivity index (χ3v) is 7.70. The number of hydrogen-bond acceptors (Lipinski definition) is 9. The van der Waals surface area contributed by atoms with Crippen molar-refractivity contribution in [3.05, 3.63) is 39.3 Å². The molecule has 1 aromatic heterocycles. The van der Waals surface area contributed by atoms with E-state index in [2.05, 4.69) is 27.0 Å². The predicted molar refractivity (Wildman–Crippen MR) is 119 cm³/mol. The second-order valence-corrected chi connectivity index (χ2v) is 9.54. The Morgan fingerprint density at radius 2 is 1.83 bits per heavy atom. The molecular formula is C19H18BrClN2O5S2. The third-order valence-electron chi connectivity index (χ3n) is 4.59. The van der Waals surface area contributed by atoms with Crippen molar-refractivity contribution in [1.82, 2.24) is 4.98 Å². The van der Waals surface area contributed by atoms with Crippen LogP contribution in [0.2, 0.25) is 5.02 Å². The lowest BCUT2D eigenvalue weighted by atomic mass is 10.0. The predicted octanol–water partition coefficient (Wildman–Crippen LogP) is 2.65. The summed E-state index contributed by atoms with van der Waals surface area (Å²) in [6, 6.07) is 9.17. The molecule has 3 rings (SSSR count). The number of nitrogens with zero attached hydrogens (tertiary/aromatic N) is 2.